The molecule has 1 unspecified atom stereocenters. The van der Waals surface area contributed by atoms with Gasteiger partial charge in [-0.1, -0.05) is 6.92 Å². The summed E-state index contributed by atoms with van der Waals surface area (Å²) in [5.41, 5.74) is 0.571. The zero-order chi connectivity index (χ0) is 25.4. The molecule has 0 aliphatic carbocycles. The minimum atomic E-state index is -4.47. The molecule has 0 radical (unpaired) electrons. The predicted molar refractivity (Wildman–Crippen MR) is 124 cm³/mol. The molecule has 35 heavy (non-hydrogen) atoms. The molecule has 188 valence electrons. The maximum atomic E-state index is 12.9. The average Bonchev–Trinajstić information content (AvgIpc) is 3.29. The molecule has 1 heterocycles. The molecule has 11 heteroatoms. The molecule has 0 bridgehead atoms. The third-order valence-corrected chi connectivity index (χ3v) is 5.30. The number of methoxy groups -OCH3 is 1. The first kappa shape index (κ1) is 26.0. The van der Waals surface area contributed by atoms with Gasteiger partial charge in [-0.05, 0) is 55.0 Å². The highest BCUT2D eigenvalue weighted by atomic mass is 19.4. The van der Waals surface area contributed by atoms with Crippen LogP contribution in [-0.4, -0.2) is 67.5 Å². The summed E-state index contributed by atoms with van der Waals surface area (Å²) in [5, 5.41) is 8.14. The number of ether oxygens (including phenoxy) is 2. The highest BCUT2D eigenvalue weighted by molar-refractivity contribution is 6.07. The maximum absolute atomic E-state index is 12.9. The fraction of sp³-hybridized carbons (Fsp3) is 0.375. The fourth-order valence-electron chi connectivity index (χ4n) is 3.48. The lowest BCUT2D eigenvalue weighted by Crippen LogP contribution is -2.45. The van der Waals surface area contributed by atoms with E-state index in [9.17, 15) is 22.8 Å². The number of anilines is 1. The van der Waals surface area contributed by atoms with E-state index in [2.05, 4.69) is 10.4 Å². The molecule has 8 nitrogen and oxygen atoms in total. The van der Waals surface area contributed by atoms with E-state index in [1.807, 2.05) is 6.92 Å². The van der Waals surface area contributed by atoms with Crippen LogP contribution in [0.3, 0.4) is 0 Å². The second kappa shape index (κ2) is 11.7. The number of hydrogen-bond donors (Lipinski definition) is 1. The van der Waals surface area contributed by atoms with E-state index in [0.717, 1.165) is 23.6 Å². The normalized spacial score (nSPS) is 15.5. The number of hydrogen-bond acceptors (Lipinski definition) is 5. The molecule has 0 aromatic heterocycles. The molecule has 0 saturated carbocycles. The molecule has 0 fully saturated rings. The minimum absolute atomic E-state index is 0.0678. The van der Waals surface area contributed by atoms with Crippen molar-refractivity contribution in [1.29, 1.82) is 0 Å². The van der Waals surface area contributed by atoms with Crippen molar-refractivity contribution in [1.82, 2.24) is 9.91 Å². The van der Waals surface area contributed by atoms with E-state index in [4.69, 9.17) is 9.47 Å². The lowest BCUT2D eigenvalue weighted by molar-refractivity contribution is -0.137. The van der Waals surface area contributed by atoms with Crippen molar-refractivity contribution < 1.29 is 32.2 Å². The van der Waals surface area contributed by atoms with E-state index >= 15 is 0 Å². The molecule has 0 saturated heterocycles. The Morgan fingerprint density at radius 3 is 2.43 bits per heavy atom. The summed E-state index contributed by atoms with van der Waals surface area (Å²) in [5.74, 6) is 0.689. The monoisotopic (exact) mass is 492 g/mol. The van der Waals surface area contributed by atoms with Crippen LogP contribution in [0.2, 0.25) is 0 Å². The van der Waals surface area contributed by atoms with Crippen molar-refractivity contribution in [2.75, 3.05) is 38.7 Å². The molecule has 1 atom stereocenters. The Morgan fingerprint density at radius 2 is 1.86 bits per heavy atom. The number of halogens is 3. The van der Waals surface area contributed by atoms with Gasteiger partial charge in [0.2, 0.25) is 6.41 Å². The van der Waals surface area contributed by atoms with Crippen LogP contribution >= 0.6 is 0 Å². The summed E-state index contributed by atoms with van der Waals surface area (Å²) in [7, 11) is 1.52. The van der Waals surface area contributed by atoms with Gasteiger partial charge in [0.25, 0.3) is 0 Å². The van der Waals surface area contributed by atoms with Crippen LogP contribution in [0.4, 0.5) is 23.7 Å². The van der Waals surface area contributed by atoms with Gasteiger partial charge >= 0.3 is 12.2 Å². The summed E-state index contributed by atoms with van der Waals surface area (Å²) in [4.78, 5) is 26.2. The Bertz CT molecular complexity index is 1030. The zero-order valence-electron chi connectivity index (χ0n) is 19.4. The first-order valence-corrected chi connectivity index (χ1v) is 11.0. The molecular formula is C24H27F3N4O4. The van der Waals surface area contributed by atoms with Crippen LogP contribution in [0.5, 0.6) is 5.75 Å². The number of nitrogens with one attached hydrogen (secondary N) is 1. The van der Waals surface area contributed by atoms with Gasteiger partial charge in [-0.15, -0.1) is 0 Å². The van der Waals surface area contributed by atoms with Crippen LogP contribution in [0, 0.1) is 0 Å². The summed E-state index contributed by atoms with van der Waals surface area (Å²) in [6, 6.07) is 10.1. The molecule has 1 N–H and O–H groups in total. The van der Waals surface area contributed by atoms with Gasteiger partial charge in [0.05, 0.1) is 37.1 Å². The summed E-state index contributed by atoms with van der Waals surface area (Å²) in [6.45, 7) is 3.24. The van der Waals surface area contributed by atoms with Gasteiger partial charge < -0.3 is 19.7 Å². The number of carbonyl (C=O) groups is 2. The van der Waals surface area contributed by atoms with Gasteiger partial charge in [-0.25, -0.2) is 9.80 Å². The number of alkyl halides is 3. The number of rotatable bonds is 10. The molecule has 3 rings (SSSR count). The Kier molecular flexibility index (Phi) is 8.69. The predicted octanol–water partition coefficient (Wildman–Crippen LogP) is 4.22. The Labute approximate surface area is 201 Å². The number of benzene rings is 2. The Hall–Kier alpha value is -3.60. The Balaban J connectivity index is 1.81. The van der Waals surface area contributed by atoms with Gasteiger partial charge in [0.1, 0.15) is 5.75 Å². The highest BCUT2D eigenvalue weighted by Gasteiger charge is 2.35. The summed E-state index contributed by atoms with van der Waals surface area (Å²) < 4.78 is 49.1. The molecule has 1 aliphatic heterocycles. The fourth-order valence-corrected chi connectivity index (χ4v) is 3.48. The van der Waals surface area contributed by atoms with Gasteiger partial charge in [-0.3, -0.25) is 4.79 Å². The van der Waals surface area contributed by atoms with E-state index in [1.165, 1.54) is 24.1 Å². The van der Waals surface area contributed by atoms with E-state index in [-0.39, 0.29) is 18.8 Å². The smallest absolute Gasteiger partial charge is 0.416 e. The Morgan fingerprint density at radius 1 is 1.17 bits per heavy atom. The van der Waals surface area contributed by atoms with E-state index in [0.29, 0.717) is 36.6 Å². The van der Waals surface area contributed by atoms with Crippen molar-refractivity contribution in [3.05, 3.63) is 59.7 Å². The molecule has 0 spiro atoms. The maximum Gasteiger partial charge on any atom is 0.416 e. The summed E-state index contributed by atoms with van der Waals surface area (Å²) >= 11 is 0. The number of nitrogens with zero attached hydrogens (tertiary/aromatic N) is 3. The third-order valence-electron chi connectivity index (χ3n) is 5.30. The lowest BCUT2D eigenvalue weighted by atomic mass is 10.0. The van der Waals surface area contributed by atoms with Crippen molar-refractivity contribution in [2.24, 2.45) is 5.10 Å². The van der Waals surface area contributed by atoms with Crippen LogP contribution in [0.25, 0.3) is 0 Å². The van der Waals surface area contributed by atoms with Crippen molar-refractivity contribution in [2.45, 2.75) is 25.6 Å². The number of urea groups is 1. The second-order valence-corrected chi connectivity index (χ2v) is 7.80. The number of amides is 3. The van der Waals surface area contributed by atoms with Crippen molar-refractivity contribution >= 4 is 23.8 Å². The van der Waals surface area contributed by atoms with Crippen LogP contribution in [0.1, 0.15) is 24.5 Å². The lowest BCUT2D eigenvalue weighted by Gasteiger charge is -2.26. The molecule has 3 amide bonds. The molecule has 1 aliphatic rings. The first-order chi connectivity index (χ1) is 16.8. The molecule has 2 aromatic carbocycles. The number of hydrazone groups is 1. The highest BCUT2D eigenvalue weighted by Crippen LogP contribution is 2.30. The van der Waals surface area contributed by atoms with Gasteiger partial charge in [0.15, 0.2) is 0 Å². The van der Waals surface area contributed by atoms with Crippen molar-refractivity contribution in [3.8, 4) is 5.75 Å². The SMILES string of the molecule is CCCOc1ccc(C2=NN(C(=O)Nc3ccc(C(F)(F)F)cc3)CC2N(C=O)CCOC)cc1. The standard InChI is InChI=1S/C24H27F3N4O4/c1-3-13-35-20-10-4-17(5-11-20)22-21(30(16-32)12-14-34-2)15-31(29-22)23(33)28-19-8-6-18(7-9-19)24(25,26)27/h4-11,16,21H,3,12-15H2,1-2H3,(H,28,33). The van der Waals surface area contributed by atoms with Gasteiger partial charge in [0, 0.05) is 24.9 Å². The largest absolute Gasteiger partial charge is 0.494 e. The summed E-state index contributed by atoms with van der Waals surface area (Å²) in [6.07, 6.45) is -2.93. The zero-order valence-corrected chi connectivity index (χ0v) is 19.4. The topological polar surface area (TPSA) is 83.5 Å². The average molecular weight is 492 g/mol. The van der Waals surface area contributed by atoms with Gasteiger partial charge in [-0.2, -0.15) is 18.3 Å². The third kappa shape index (κ3) is 6.72. The van der Waals surface area contributed by atoms with Crippen LogP contribution < -0.4 is 10.1 Å². The van der Waals surface area contributed by atoms with Crippen LogP contribution in [0.15, 0.2) is 53.6 Å². The minimum Gasteiger partial charge on any atom is -0.494 e. The second-order valence-electron chi connectivity index (χ2n) is 7.80. The first-order valence-electron chi connectivity index (χ1n) is 11.0. The van der Waals surface area contributed by atoms with E-state index < -0.39 is 23.8 Å². The van der Waals surface area contributed by atoms with E-state index in [1.54, 1.807) is 24.3 Å². The van der Waals surface area contributed by atoms with Crippen molar-refractivity contribution in [3.63, 3.8) is 0 Å². The molecular weight excluding hydrogens is 465 g/mol. The molecule has 2 aromatic rings. The number of carbonyl (C=O) groups excluding carboxylic acids is 2. The van der Waals surface area contributed by atoms with Crippen LogP contribution in [-0.2, 0) is 15.7 Å². The quantitative estimate of drug-likeness (QED) is 0.504.